The quantitative estimate of drug-likeness (QED) is 0.0724. The van der Waals surface area contributed by atoms with Crippen LogP contribution in [0.5, 0.6) is 5.75 Å². The number of nitrogens with two attached hydrogens (primary N) is 1. The maximum atomic E-state index is 12.3. The summed E-state index contributed by atoms with van der Waals surface area (Å²) in [7, 11) is 0. The van der Waals surface area contributed by atoms with Crippen LogP contribution in [0.15, 0.2) is 24.3 Å². The summed E-state index contributed by atoms with van der Waals surface area (Å²) in [6.07, 6.45) is 0.276. The number of hydrogen-bond acceptors (Lipinski definition) is 12. The molecule has 0 aliphatic rings. The number of phenolic OH excluding ortho intramolecular Hbond substituents is 1. The van der Waals surface area contributed by atoms with Gasteiger partial charge in [-0.05, 0) is 31.0 Å². The first-order valence-electron chi connectivity index (χ1n) is 13.0. The molecule has 40 heavy (non-hydrogen) atoms. The van der Waals surface area contributed by atoms with E-state index >= 15 is 0 Å². The van der Waals surface area contributed by atoms with E-state index < -0.39 is 24.6 Å². The maximum absolute atomic E-state index is 12.3. The van der Waals surface area contributed by atoms with Gasteiger partial charge < -0.3 is 45.5 Å². The molecule has 0 unspecified atom stereocenters. The molecular formula is C26H42N4O10. The average Bonchev–Trinajstić information content (AvgIpc) is 2.92. The fraction of sp³-hybridized carbons (Fsp3) is 0.615. The lowest BCUT2D eigenvalue weighted by molar-refractivity contribution is -0.127. The molecule has 7 N–H and O–H groups in total. The fourth-order valence-electron chi connectivity index (χ4n) is 3.10. The second kappa shape index (κ2) is 21.8. The van der Waals surface area contributed by atoms with E-state index in [4.69, 9.17) is 24.7 Å². The van der Waals surface area contributed by atoms with Crippen LogP contribution in [-0.2, 0) is 44.5 Å². The minimum Gasteiger partial charge on any atom is -0.508 e. The van der Waals surface area contributed by atoms with Gasteiger partial charge in [-0.1, -0.05) is 12.1 Å². The summed E-state index contributed by atoms with van der Waals surface area (Å²) in [6.45, 7) is 2.66. The number of amides is 2. The van der Waals surface area contributed by atoms with Crippen molar-refractivity contribution in [2.45, 2.75) is 25.4 Å². The number of rotatable bonds is 24. The highest BCUT2D eigenvalue weighted by Crippen LogP contribution is 2.11. The Morgan fingerprint density at radius 1 is 0.850 bits per heavy atom. The SMILES string of the molecule is CC(=O)COCCOCCNC(=O)COCCOCCNC(=O)[C@H](CO)NCC(=O)[C@@H](N)Cc1ccc(O)cc1. The molecule has 1 rings (SSSR count). The van der Waals surface area contributed by atoms with Gasteiger partial charge in [-0.3, -0.25) is 24.5 Å². The molecule has 0 bridgehead atoms. The monoisotopic (exact) mass is 570 g/mol. The van der Waals surface area contributed by atoms with Gasteiger partial charge in [-0.25, -0.2) is 0 Å². The van der Waals surface area contributed by atoms with Crippen molar-refractivity contribution in [3.05, 3.63) is 29.8 Å². The van der Waals surface area contributed by atoms with Gasteiger partial charge in [0.2, 0.25) is 11.8 Å². The Bertz CT molecular complexity index is 885. The molecule has 0 fully saturated rings. The van der Waals surface area contributed by atoms with Crippen molar-refractivity contribution < 1.29 is 48.3 Å². The van der Waals surface area contributed by atoms with Gasteiger partial charge in [0.25, 0.3) is 0 Å². The van der Waals surface area contributed by atoms with Gasteiger partial charge in [0.05, 0.1) is 58.8 Å². The number of Topliss-reactive ketones (excluding diaryl/α,β-unsaturated/α-hetero) is 2. The van der Waals surface area contributed by atoms with Crippen LogP contribution in [0.4, 0.5) is 0 Å². The first-order valence-corrected chi connectivity index (χ1v) is 13.0. The van der Waals surface area contributed by atoms with E-state index in [1.807, 2.05) is 0 Å². The van der Waals surface area contributed by atoms with Gasteiger partial charge in [0, 0.05) is 13.1 Å². The van der Waals surface area contributed by atoms with Crippen LogP contribution in [0.1, 0.15) is 12.5 Å². The van der Waals surface area contributed by atoms with Crippen molar-refractivity contribution in [2.75, 3.05) is 79.1 Å². The first-order chi connectivity index (χ1) is 19.2. The molecule has 14 nitrogen and oxygen atoms in total. The van der Waals surface area contributed by atoms with Crippen LogP contribution in [0.25, 0.3) is 0 Å². The van der Waals surface area contributed by atoms with Crippen LogP contribution >= 0.6 is 0 Å². The number of hydrogen-bond donors (Lipinski definition) is 6. The summed E-state index contributed by atoms with van der Waals surface area (Å²) in [5.74, 6) is -1.05. The Labute approximate surface area is 233 Å². The van der Waals surface area contributed by atoms with Crippen molar-refractivity contribution in [1.82, 2.24) is 16.0 Å². The summed E-state index contributed by atoms with van der Waals surface area (Å²) in [5.41, 5.74) is 6.72. The Hall–Kier alpha value is -2.98. The molecule has 1 aromatic carbocycles. The number of aromatic hydroxyl groups is 1. The second-order valence-corrected chi connectivity index (χ2v) is 8.73. The number of benzene rings is 1. The number of phenols is 1. The predicted molar refractivity (Wildman–Crippen MR) is 144 cm³/mol. The number of ether oxygens (including phenoxy) is 4. The summed E-state index contributed by atoms with van der Waals surface area (Å²) >= 11 is 0. The molecule has 0 radical (unpaired) electrons. The summed E-state index contributed by atoms with van der Waals surface area (Å²) in [4.78, 5) is 46.9. The van der Waals surface area contributed by atoms with Gasteiger partial charge >= 0.3 is 0 Å². The third kappa shape index (κ3) is 17.6. The highest BCUT2D eigenvalue weighted by atomic mass is 16.5. The first kappa shape index (κ1) is 35.0. The molecule has 226 valence electrons. The lowest BCUT2D eigenvalue weighted by Crippen LogP contribution is -2.50. The molecule has 0 saturated heterocycles. The third-order valence-electron chi connectivity index (χ3n) is 5.22. The number of aliphatic hydroxyl groups is 1. The molecule has 0 spiro atoms. The number of carbonyl (C=O) groups excluding carboxylic acids is 4. The van der Waals surface area contributed by atoms with E-state index in [0.29, 0.717) is 26.4 Å². The lowest BCUT2D eigenvalue weighted by Gasteiger charge is -2.17. The molecule has 2 atom stereocenters. The molecule has 0 aliphatic carbocycles. The Morgan fingerprint density at radius 2 is 1.43 bits per heavy atom. The van der Waals surface area contributed by atoms with E-state index in [1.54, 1.807) is 12.1 Å². The zero-order chi connectivity index (χ0) is 29.6. The van der Waals surface area contributed by atoms with Crippen molar-refractivity contribution >= 4 is 23.4 Å². The number of aliphatic hydroxyl groups excluding tert-OH is 1. The van der Waals surface area contributed by atoms with Gasteiger partial charge in [-0.15, -0.1) is 0 Å². The minimum absolute atomic E-state index is 0.0546. The normalized spacial score (nSPS) is 12.5. The van der Waals surface area contributed by atoms with E-state index in [0.717, 1.165) is 5.56 Å². The molecule has 0 heterocycles. The number of nitrogens with one attached hydrogen (secondary N) is 3. The standard InChI is InChI=1S/C26H42N4O10/c1-19(32)17-39-12-10-37-8-6-28-25(35)18-40-13-11-38-9-7-29-26(36)23(16-31)30-15-24(34)22(27)14-20-2-4-21(33)5-3-20/h2-5,22-23,30-31,33H,6-18,27H2,1H3,(H,28,35)(H,29,36)/t22-,23-/m0/s1. The van der Waals surface area contributed by atoms with E-state index in [-0.39, 0.29) is 75.8 Å². The van der Waals surface area contributed by atoms with Crippen molar-refractivity contribution in [1.29, 1.82) is 0 Å². The molecule has 0 aliphatic heterocycles. The molecule has 2 amide bonds. The largest absolute Gasteiger partial charge is 0.508 e. The molecule has 14 heteroatoms. The maximum Gasteiger partial charge on any atom is 0.246 e. The Balaban J connectivity index is 2.03. The van der Waals surface area contributed by atoms with Crippen LogP contribution in [0.3, 0.4) is 0 Å². The average molecular weight is 571 g/mol. The third-order valence-corrected chi connectivity index (χ3v) is 5.22. The van der Waals surface area contributed by atoms with Gasteiger partial charge in [0.15, 0.2) is 11.6 Å². The van der Waals surface area contributed by atoms with Crippen LogP contribution in [0.2, 0.25) is 0 Å². The summed E-state index contributed by atoms with van der Waals surface area (Å²) in [5, 5.41) is 26.7. The molecular weight excluding hydrogens is 528 g/mol. The molecule has 1 aromatic rings. The number of ketones is 2. The highest BCUT2D eigenvalue weighted by molar-refractivity contribution is 5.87. The predicted octanol–water partition coefficient (Wildman–Crippen LogP) is -2.33. The minimum atomic E-state index is -0.989. The molecule has 0 saturated carbocycles. The Kier molecular flexibility index (Phi) is 19.1. The lowest BCUT2D eigenvalue weighted by atomic mass is 10.0. The van der Waals surface area contributed by atoms with Gasteiger partial charge in [-0.2, -0.15) is 0 Å². The van der Waals surface area contributed by atoms with E-state index in [2.05, 4.69) is 16.0 Å². The summed E-state index contributed by atoms with van der Waals surface area (Å²) < 4.78 is 20.9. The molecule has 0 aromatic heterocycles. The highest BCUT2D eigenvalue weighted by Gasteiger charge is 2.20. The van der Waals surface area contributed by atoms with E-state index in [1.165, 1.54) is 19.1 Å². The fourth-order valence-corrected chi connectivity index (χ4v) is 3.10. The van der Waals surface area contributed by atoms with Crippen molar-refractivity contribution in [3.63, 3.8) is 0 Å². The number of carbonyl (C=O) groups is 4. The van der Waals surface area contributed by atoms with Crippen LogP contribution in [0, 0.1) is 0 Å². The van der Waals surface area contributed by atoms with Crippen LogP contribution in [-0.4, -0.2) is 125 Å². The Morgan fingerprint density at radius 3 is 2.02 bits per heavy atom. The smallest absolute Gasteiger partial charge is 0.246 e. The summed E-state index contributed by atoms with van der Waals surface area (Å²) in [6, 6.07) is 4.56. The van der Waals surface area contributed by atoms with Gasteiger partial charge in [0.1, 0.15) is 25.0 Å². The van der Waals surface area contributed by atoms with Crippen LogP contribution < -0.4 is 21.7 Å². The van der Waals surface area contributed by atoms with Crippen molar-refractivity contribution in [3.8, 4) is 5.75 Å². The topological polar surface area (TPSA) is 208 Å². The van der Waals surface area contributed by atoms with E-state index in [9.17, 15) is 29.4 Å². The zero-order valence-electron chi connectivity index (χ0n) is 22.9. The van der Waals surface area contributed by atoms with Crippen molar-refractivity contribution in [2.24, 2.45) is 5.73 Å². The second-order valence-electron chi connectivity index (χ2n) is 8.73. The zero-order valence-corrected chi connectivity index (χ0v) is 22.9.